The quantitative estimate of drug-likeness (QED) is 0.766. The maximum absolute atomic E-state index is 10.9. The van der Waals surface area contributed by atoms with Gasteiger partial charge in [0.25, 0.3) is 5.91 Å². The summed E-state index contributed by atoms with van der Waals surface area (Å²) >= 11 is 0. The van der Waals surface area contributed by atoms with Crippen LogP contribution in [0.4, 0.5) is 0 Å². The molecule has 0 bridgehead atoms. The lowest BCUT2D eigenvalue weighted by Gasteiger charge is -2.07. The molecule has 0 radical (unpaired) electrons. The van der Waals surface area contributed by atoms with Crippen LogP contribution in [0.15, 0.2) is 24.3 Å². The fourth-order valence-corrected chi connectivity index (χ4v) is 1.01. The van der Waals surface area contributed by atoms with E-state index in [-0.39, 0.29) is 0 Å². The summed E-state index contributed by atoms with van der Waals surface area (Å²) in [6.45, 7) is 2.61. The van der Waals surface area contributed by atoms with Crippen LogP contribution in [0.5, 0.6) is 5.75 Å². The Hall–Kier alpha value is -1.51. The number of hydrogen-bond donors (Lipinski definition) is 1. The molecule has 3 heteroatoms. The Kier molecular flexibility index (Phi) is 3.31. The summed E-state index contributed by atoms with van der Waals surface area (Å²) in [4.78, 5) is 10.9. The highest BCUT2D eigenvalue weighted by atomic mass is 16.5. The zero-order valence-corrected chi connectivity index (χ0v) is 7.62. The molecule has 70 valence electrons. The topological polar surface area (TPSA) is 52.3 Å². The van der Waals surface area contributed by atoms with Crippen LogP contribution in [-0.2, 0) is 0 Å². The SMILES string of the molecule is CCCOc1ccccc1[14C](N)=O. The van der Waals surface area contributed by atoms with Crippen molar-refractivity contribution in [2.45, 2.75) is 13.3 Å². The van der Waals surface area contributed by atoms with E-state index in [9.17, 15) is 4.79 Å². The van der Waals surface area contributed by atoms with Crippen molar-refractivity contribution in [1.29, 1.82) is 0 Å². The van der Waals surface area contributed by atoms with E-state index in [1.807, 2.05) is 13.0 Å². The number of carbonyl (C=O) groups excluding carboxylic acids is 1. The summed E-state index contributed by atoms with van der Waals surface area (Å²) < 4.78 is 5.35. The molecule has 0 fully saturated rings. The molecule has 0 aliphatic heterocycles. The van der Waals surface area contributed by atoms with Gasteiger partial charge in [0.1, 0.15) is 5.75 Å². The number of carbonyl (C=O) groups is 1. The summed E-state index contributed by atoms with van der Waals surface area (Å²) in [5.74, 6) is 0.114. The molecule has 1 rings (SSSR count). The summed E-state index contributed by atoms with van der Waals surface area (Å²) in [6.07, 6.45) is 0.910. The molecule has 2 N–H and O–H groups in total. The highest BCUT2D eigenvalue weighted by molar-refractivity contribution is 5.95. The monoisotopic (exact) mass is 181 g/mol. The van der Waals surface area contributed by atoms with Crippen molar-refractivity contribution in [2.75, 3.05) is 6.61 Å². The van der Waals surface area contributed by atoms with Crippen LogP contribution in [0.3, 0.4) is 0 Å². The van der Waals surface area contributed by atoms with Crippen molar-refractivity contribution in [3.05, 3.63) is 29.8 Å². The zero-order valence-electron chi connectivity index (χ0n) is 7.62. The van der Waals surface area contributed by atoms with Gasteiger partial charge in [-0.3, -0.25) is 4.79 Å². The number of nitrogens with two attached hydrogens (primary N) is 1. The summed E-state index contributed by atoms with van der Waals surface area (Å²) in [7, 11) is 0. The Morgan fingerprint density at radius 2 is 2.15 bits per heavy atom. The van der Waals surface area contributed by atoms with Crippen LogP contribution < -0.4 is 10.5 Å². The lowest BCUT2D eigenvalue weighted by Crippen LogP contribution is -2.13. The maximum atomic E-state index is 10.9. The normalized spacial score (nSPS) is 9.62. The van der Waals surface area contributed by atoms with E-state index in [2.05, 4.69) is 0 Å². The smallest absolute Gasteiger partial charge is 0.252 e. The van der Waals surface area contributed by atoms with Crippen molar-refractivity contribution >= 4 is 5.91 Å². The number of hydrogen-bond acceptors (Lipinski definition) is 2. The Labute approximate surface area is 77.5 Å². The molecule has 0 aliphatic carbocycles. The van der Waals surface area contributed by atoms with E-state index in [4.69, 9.17) is 10.5 Å². The molecule has 0 atom stereocenters. The first-order valence-electron chi connectivity index (χ1n) is 4.27. The molecule has 0 unspecified atom stereocenters. The molecular formula is C10H13NO2. The van der Waals surface area contributed by atoms with Crippen LogP contribution in [-0.4, -0.2) is 12.5 Å². The highest BCUT2D eigenvalue weighted by Gasteiger charge is 2.06. The van der Waals surface area contributed by atoms with E-state index < -0.39 is 5.91 Å². The molecule has 0 saturated heterocycles. The van der Waals surface area contributed by atoms with Gasteiger partial charge in [0.05, 0.1) is 12.2 Å². The number of ether oxygens (including phenoxy) is 1. The third kappa shape index (κ3) is 2.47. The third-order valence-electron chi connectivity index (χ3n) is 1.61. The molecule has 0 spiro atoms. The van der Waals surface area contributed by atoms with Crippen molar-refractivity contribution in [3.63, 3.8) is 0 Å². The van der Waals surface area contributed by atoms with Crippen LogP contribution in [0, 0.1) is 0 Å². The molecule has 0 saturated carbocycles. The van der Waals surface area contributed by atoms with Crippen LogP contribution in [0.1, 0.15) is 23.7 Å². The molecule has 13 heavy (non-hydrogen) atoms. The van der Waals surface area contributed by atoms with Crippen LogP contribution in [0.25, 0.3) is 0 Å². The largest absolute Gasteiger partial charge is 0.493 e. The Morgan fingerprint density at radius 1 is 1.46 bits per heavy atom. The van der Waals surface area contributed by atoms with Gasteiger partial charge in [0.2, 0.25) is 0 Å². The van der Waals surface area contributed by atoms with Crippen LogP contribution in [0.2, 0.25) is 0 Å². The zero-order chi connectivity index (χ0) is 9.68. The minimum Gasteiger partial charge on any atom is -0.493 e. The molecule has 0 aromatic heterocycles. The highest BCUT2D eigenvalue weighted by Crippen LogP contribution is 2.16. The van der Waals surface area contributed by atoms with Crippen molar-refractivity contribution < 1.29 is 9.53 Å². The predicted octanol–water partition coefficient (Wildman–Crippen LogP) is 1.57. The van der Waals surface area contributed by atoms with E-state index in [0.717, 1.165) is 6.42 Å². The first-order valence-corrected chi connectivity index (χ1v) is 4.27. The van der Waals surface area contributed by atoms with Crippen LogP contribution >= 0.6 is 0 Å². The number of primary amides is 1. The Morgan fingerprint density at radius 3 is 2.77 bits per heavy atom. The standard InChI is InChI=1S/C10H13NO2/c1-2-7-13-9-6-4-3-5-8(9)10(11)12/h3-6H,2,7H2,1H3,(H2,11,12)/i10+2. The molecule has 1 aromatic rings. The van der Waals surface area contributed by atoms with Gasteiger partial charge in [-0.1, -0.05) is 19.1 Å². The minimum absolute atomic E-state index is 0.441. The first-order chi connectivity index (χ1) is 6.25. The van der Waals surface area contributed by atoms with Gasteiger partial charge in [0, 0.05) is 0 Å². The van der Waals surface area contributed by atoms with Gasteiger partial charge in [-0.05, 0) is 18.6 Å². The summed E-state index contributed by atoms with van der Waals surface area (Å²) in [6, 6.07) is 6.99. The van der Waals surface area contributed by atoms with Gasteiger partial charge in [0.15, 0.2) is 0 Å². The van der Waals surface area contributed by atoms with Gasteiger partial charge >= 0.3 is 0 Å². The molecule has 0 heterocycles. The molecule has 1 aromatic carbocycles. The minimum atomic E-state index is -0.452. The van der Waals surface area contributed by atoms with E-state index in [1.165, 1.54) is 0 Å². The van der Waals surface area contributed by atoms with Gasteiger partial charge in [-0.2, -0.15) is 0 Å². The van der Waals surface area contributed by atoms with E-state index >= 15 is 0 Å². The molecule has 3 nitrogen and oxygen atoms in total. The van der Waals surface area contributed by atoms with Crippen molar-refractivity contribution in [2.24, 2.45) is 5.73 Å². The van der Waals surface area contributed by atoms with Gasteiger partial charge in [-0.15, -0.1) is 0 Å². The lowest BCUT2D eigenvalue weighted by molar-refractivity contribution is 0.0996. The number of amides is 1. The van der Waals surface area contributed by atoms with E-state index in [0.29, 0.717) is 17.9 Å². The molecule has 0 aliphatic rings. The average molecular weight is 181 g/mol. The Balaban J connectivity index is 2.84. The number of rotatable bonds is 4. The van der Waals surface area contributed by atoms with Crippen molar-refractivity contribution in [1.82, 2.24) is 0 Å². The third-order valence-corrected chi connectivity index (χ3v) is 1.61. The van der Waals surface area contributed by atoms with Crippen molar-refractivity contribution in [3.8, 4) is 5.75 Å². The van der Waals surface area contributed by atoms with E-state index in [1.54, 1.807) is 18.2 Å². The summed E-state index contributed by atoms with van der Waals surface area (Å²) in [5.41, 5.74) is 5.61. The number of benzene rings is 1. The van der Waals surface area contributed by atoms with Gasteiger partial charge < -0.3 is 10.5 Å². The lowest BCUT2D eigenvalue weighted by atomic mass is 10.3. The summed E-state index contributed by atoms with van der Waals surface area (Å²) in [5, 5.41) is 0. The number of para-hydroxylation sites is 1. The molecular weight excluding hydrogens is 168 g/mol. The average Bonchev–Trinajstić information content (AvgIpc) is 2.15. The van der Waals surface area contributed by atoms with Gasteiger partial charge in [-0.25, -0.2) is 0 Å². The predicted molar refractivity (Wildman–Crippen MR) is 50.7 cm³/mol. The maximum Gasteiger partial charge on any atom is 0.252 e. The Bertz CT molecular complexity index is 297. The fourth-order valence-electron chi connectivity index (χ4n) is 1.01. The first kappa shape index (κ1) is 9.58. The fraction of sp³-hybridized carbons (Fsp3) is 0.300. The second-order valence-corrected chi connectivity index (χ2v) is 2.71. The molecule has 1 amide bonds. The second kappa shape index (κ2) is 4.50. The second-order valence-electron chi connectivity index (χ2n) is 2.71.